The molecule has 25 heavy (non-hydrogen) atoms. The molecule has 128 valence electrons. The first kappa shape index (κ1) is 15.7. The van der Waals surface area contributed by atoms with Crippen LogP contribution in [0.4, 0.5) is 0 Å². The van der Waals surface area contributed by atoms with Crippen LogP contribution in [-0.4, -0.2) is 23.0 Å². The molecule has 1 atom stereocenters. The van der Waals surface area contributed by atoms with Gasteiger partial charge in [-0.05, 0) is 48.4 Å². The van der Waals surface area contributed by atoms with Crippen molar-refractivity contribution in [1.29, 1.82) is 0 Å². The summed E-state index contributed by atoms with van der Waals surface area (Å²) in [4.78, 5) is 0. The van der Waals surface area contributed by atoms with Crippen molar-refractivity contribution in [2.24, 2.45) is 0 Å². The van der Waals surface area contributed by atoms with Gasteiger partial charge in [0, 0.05) is 25.0 Å². The Morgan fingerprint density at radius 3 is 2.64 bits per heavy atom. The Balaban J connectivity index is 1.39. The van der Waals surface area contributed by atoms with Crippen LogP contribution < -0.4 is 14.8 Å². The molecule has 0 aliphatic carbocycles. The van der Waals surface area contributed by atoms with Gasteiger partial charge in [0.05, 0.1) is 5.69 Å². The maximum Gasteiger partial charge on any atom is 0.161 e. The zero-order chi connectivity index (χ0) is 17.1. The van der Waals surface area contributed by atoms with Crippen LogP contribution in [0.15, 0.2) is 60.9 Å². The van der Waals surface area contributed by atoms with Gasteiger partial charge in [-0.2, -0.15) is 5.10 Å². The number of rotatable bonds is 5. The van der Waals surface area contributed by atoms with Crippen LogP contribution in [0, 0.1) is 0 Å². The minimum atomic E-state index is 0.224. The van der Waals surface area contributed by atoms with Crippen molar-refractivity contribution in [2.45, 2.75) is 19.5 Å². The average Bonchev–Trinajstić information content (AvgIpc) is 3.21. The Labute approximate surface area is 147 Å². The molecule has 1 N–H and O–H groups in total. The second-order valence-electron chi connectivity index (χ2n) is 6.12. The van der Waals surface area contributed by atoms with Crippen molar-refractivity contribution in [2.75, 3.05) is 13.2 Å². The predicted molar refractivity (Wildman–Crippen MR) is 96.3 cm³/mol. The highest BCUT2D eigenvalue weighted by Crippen LogP contribution is 2.32. The minimum Gasteiger partial charge on any atom is -0.486 e. The molecular weight excluding hydrogens is 314 g/mol. The lowest BCUT2D eigenvalue weighted by Gasteiger charge is -2.21. The molecule has 0 spiro atoms. The highest BCUT2D eigenvalue weighted by atomic mass is 16.6. The second kappa shape index (κ2) is 6.99. The van der Waals surface area contributed by atoms with Crippen LogP contribution >= 0.6 is 0 Å². The summed E-state index contributed by atoms with van der Waals surface area (Å²) < 4.78 is 13.1. The first-order valence-corrected chi connectivity index (χ1v) is 8.51. The Morgan fingerprint density at radius 1 is 1.08 bits per heavy atom. The van der Waals surface area contributed by atoms with Crippen molar-refractivity contribution in [3.63, 3.8) is 0 Å². The molecule has 0 bridgehead atoms. The molecule has 2 aromatic carbocycles. The fourth-order valence-electron chi connectivity index (χ4n) is 2.91. The van der Waals surface area contributed by atoms with Crippen LogP contribution in [0.25, 0.3) is 5.69 Å². The van der Waals surface area contributed by atoms with E-state index < -0.39 is 0 Å². The molecule has 2 heterocycles. The maximum absolute atomic E-state index is 5.66. The normalized spacial score (nSPS) is 14.3. The molecule has 0 saturated heterocycles. The SMILES string of the molecule is CC(NCc1ccc(-n2cccn2)cc1)c1ccc2c(c1)OCCO2. The van der Waals surface area contributed by atoms with Gasteiger partial charge in [-0.1, -0.05) is 18.2 Å². The minimum absolute atomic E-state index is 0.224. The van der Waals surface area contributed by atoms with E-state index in [4.69, 9.17) is 9.47 Å². The summed E-state index contributed by atoms with van der Waals surface area (Å²) in [6.07, 6.45) is 3.72. The molecule has 1 aliphatic heterocycles. The van der Waals surface area contributed by atoms with Crippen molar-refractivity contribution in [3.05, 3.63) is 72.1 Å². The van der Waals surface area contributed by atoms with Crippen LogP contribution in [0.2, 0.25) is 0 Å². The fraction of sp³-hybridized carbons (Fsp3) is 0.250. The predicted octanol–water partition coefficient (Wildman–Crippen LogP) is 3.49. The van der Waals surface area contributed by atoms with Gasteiger partial charge < -0.3 is 14.8 Å². The number of fused-ring (bicyclic) bond motifs is 1. The molecule has 1 aliphatic rings. The summed E-state index contributed by atoms with van der Waals surface area (Å²) in [5.41, 5.74) is 3.49. The number of nitrogens with one attached hydrogen (secondary N) is 1. The van der Waals surface area contributed by atoms with E-state index in [0.29, 0.717) is 13.2 Å². The van der Waals surface area contributed by atoms with Crippen molar-refractivity contribution >= 4 is 0 Å². The average molecular weight is 335 g/mol. The van der Waals surface area contributed by atoms with Gasteiger partial charge in [0.2, 0.25) is 0 Å². The van der Waals surface area contributed by atoms with Gasteiger partial charge in [-0.3, -0.25) is 0 Å². The van der Waals surface area contributed by atoms with Gasteiger partial charge >= 0.3 is 0 Å². The second-order valence-corrected chi connectivity index (χ2v) is 6.12. The fourth-order valence-corrected chi connectivity index (χ4v) is 2.91. The molecule has 0 saturated carbocycles. The van der Waals surface area contributed by atoms with E-state index >= 15 is 0 Å². The largest absolute Gasteiger partial charge is 0.486 e. The Morgan fingerprint density at radius 2 is 1.88 bits per heavy atom. The van der Waals surface area contributed by atoms with Crippen LogP contribution in [-0.2, 0) is 6.54 Å². The summed E-state index contributed by atoms with van der Waals surface area (Å²) >= 11 is 0. The van der Waals surface area contributed by atoms with Gasteiger partial charge in [0.15, 0.2) is 11.5 Å². The standard InChI is InChI=1S/C20H21N3O2/c1-15(17-5-8-19-20(13-17)25-12-11-24-19)21-14-16-3-6-18(7-4-16)23-10-2-9-22-23/h2-10,13,15,21H,11-12,14H2,1H3. The van der Waals surface area contributed by atoms with E-state index in [0.717, 1.165) is 23.7 Å². The van der Waals surface area contributed by atoms with Gasteiger partial charge in [-0.15, -0.1) is 0 Å². The van der Waals surface area contributed by atoms with Crippen LogP contribution in [0.5, 0.6) is 11.5 Å². The summed E-state index contributed by atoms with van der Waals surface area (Å²) in [7, 11) is 0. The molecule has 4 rings (SSSR count). The summed E-state index contributed by atoms with van der Waals surface area (Å²) in [6, 6.07) is 16.7. The smallest absolute Gasteiger partial charge is 0.161 e. The van der Waals surface area contributed by atoms with E-state index in [9.17, 15) is 0 Å². The van der Waals surface area contributed by atoms with Crippen molar-refractivity contribution < 1.29 is 9.47 Å². The quantitative estimate of drug-likeness (QED) is 0.775. The van der Waals surface area contributed by atoms with Gasteiger partial charge in [-0.25, -0.2) is 4.68 Å². The first-order chi connectivity index (χ1) is 12.3. The van der Waals surface area contributed by atoms with Crippen LogP contribution in [0.3, 0.4) is 0 Å². The molecule has 0 amide bonds. The molecule has 0 fully saturated rings. The first-order valence-electron chi connectivity index (χ1n) is 8.51. The zero-order valence-electron chi connectivity index (χ0n) is 14.2. The van der Waals surface area contributed by atoms with E-state index in [1.54, 1.807) is 6.20 Å². The van der Waals surface area contributed by atoms with E-state index in [1.807, 2.05) is 23.0 Å². The number of nitrogens with zero attached hydrogens (tertiary/aromatic N) is 2. The molecule has 0 radical (unpaired) electrons. The zero-order valence-corrected chi connectivity index (χ0v) is 14.2. The van der Waals surface area contributed by atoms with E-state index in [-0.39, 0.29) is 6.04 Å². The Bertz CT molecular complexity index is 829. The number of aromatic nitrogens is 2. The summed E-state index contributed by atoms with van der Waals surface area (Å²) in [5, 5.41) is 7.80. The topological polar surface area (TPSA) is 48.3 Å². The van der Waals surface area contributed by atoms with Crippen molar-refractivity contribution in [3.8, 4) is 17.2 Å². The Hall–Kier alpha value is -2.79. The molecular formula is C20H21N3O2. The molecule has 3 aromatic rings. The number of benzene rings is 2. The molecule has 1 aromatic heterocycles. The van der Waals surface area contributed by atoms with Crippen LogP contribution in [0.1, 0.15) is 24.1 Å². The number of ether oxygens (including phenoxy) is 2. The monoisotopic (exact) mass is 335 g/mol. The van der Waals surface area contributed by atoms with E-state index in [2.05, 4.69) is 53.7 Å². The summed E-state index contributed by atoms with van der Waals surface area (Å²) in [6.45, 7) is 4.19. The number of hydrogen-bond donors (Lipinski definition) is 1. The number of hydrogen-bond acceptors (Lipinski definition) is 4. The highest BCUT2D eigenvalue weighted by Gasteiger charge is 2.14. The third-order valence-corrected chi connectivity index (χ3v) is 4.38. The third-order valence-electron chi connectivity index (χ3n) is 4.38. The third kappa shape index (κ3) is 3.51. The molecule has 5 heteroatoms. The lowest BCUT2D eigenvalue weighted by Crippen LogP contribution is -2.19. The lowest BCUT2D eigenvalue weighted by atomic mass is 10.1. The molecule has 5 nitrogen and oxygen atoms in total. The highest BCUT2D eigenvalue weighted by molar-refractivity contribution is 5.44. The Kier molecular flexibility index (Phi) is 4.39. The van der Waals surface area contributed by atoms with Gasteiger partial charge in [0.25, 0.3) is 0 Å². The van der Waals surface area contributed by atoms with Crippen molar-refractivity contribution in [1.82, 2.24) is 15.1 Å². The van der Waals surface area contributed by atoms with Gasteiger partial charge in [0.1, 0.15) is 13.2 Å². The molecule has 1 unspecified atom stereocenters. The van der Waals surface area contributed by atoms with E-state index in [1.165, 1.54) is 11.1 Å². The summed E-state index contributed by atoms with van der Waals surface area (Å²) in [5.74, 6) is 1.66. The maximum atomic E-state index is 5.66. The lowest BCUT2D eigenvalue weighted by molar-refractivity contribution is 0.171.